The first kappa shape index (κ1) is 25.1. The van der Waals surface area contributed by atoms with Crippen molar-refractivity contribution in [3.8, 4) is 0 Å². The number of carbonyl (C=O) groups is 4. The molecule has 0 aliphatic heterocycles. The second kappa shape index (κ2) is 13.3. The second-order valence-electron chi connectivity index (χ2n) is 6.93. The van der Waals surface area contributed by atoms with Crippen LogP contribution >= 0.6 is 0 Å². The summed E-state index contributed by atoms with van der Waals surface area (Å²) in [5.41, 5.74) is 11.5. The van der Waals surface area contributed by atoms with Crippen LogP contribution in [0, 0.1) is 0 Å². The Hall–Kier alpha value is -2.98. The molecule has 30 heavy (non-hydrogen) atoms. The Balaban J connectivity index is 2.83. The molecule has 0 saturated carbocycles. The van der Waals surface area contributed by atoms with Crippen LogP contribution in [0.2, 0.25) is 0 Å². The van der Waals surface area contributed by atoms with Gasteiger partial charge >= 0.3 is 5.97 Å². The lowest BCUT2D eigenvalue weighted by molar-refractivity contribution is -0.142. The molecule has 1 aromatic rings. The van der Waals surface area contributed by atoms with Crippen molar-refractivity contribution in [2.75, 3.05) is 13.1 Å². The van der Waals surface area contributed by atoms with Gasteiger partial charge in [-0.15, -0.1) is 0 Å². The number of rotatable bonds is 13. The number of benzene rings is 1. The van der Waals surface area contributed by atoms with Crippen LogP contribution in [0.25, 0.3) is 0 Å². The van der Waals surface area contributed by atoms with Gasteiger partial charge in [0.25, 0.3) is 0 Å². The number of hydrogen-bond donors (Lipinski definition) is 6. The molecule has 166 valence electrons. The van der Waals surface area contributed by atoms with Gasteiger partial charge in [0.15, 0.2) is 0 Å². The maximum Gasteiger partial charge on any atom is 0.326 e. The lowest BCUT2D eigenvalue weighted by atomic mass is 10.0. The third kappa shape index (κ3) is 9.01. The Morgan fingerprint density at radius 3 is 2.13 bits per heavy atom. The maximum atomic E-state index is 12.8. The highest BCUT2D eigenvalue weighted by Crippen LogP contribution is 2.06. The van der Waals surface area contributed by atoms with Gasteiger partial charge in [0.2, 0.25) is 17.7 Å². The summed E-state index contributed by atoms with van der Waals surface area (Å²) in [5.74, 6) is -2.86. The van der Waals surface area contributed by atoms with Crippen molar-refractivity contribution in [1.82, 2.24) is 16.0 Å². The third-order valence-corrected chi connectivity index (χ3v) is 4.43. The molecule has 3 unspecified atom stereocenters. The van der Waals surface area contributed by atoms with Crippen LogP contribution in [-0.2, 0) is 25.6 Å². The third-order valence-electron chi connectivity index (χ3n) is 4.43. The zero-order valence-corrected chi connectivity index (χ0v) is 17.1. The summed E-state index contributed by atoms with van der Waals surface area (Å²) in [5, 5.41) is 17.0. The fourth-order valence-electron chi connectivity index (χ4n) is 2.75. The number of carboxylic acid groups (broad SMARTS) is 1. The van der Waals surface area contributed by atoms with E-state index in [1.807, 2.05) is 6.07 Å². The second-order valence-corrected chi connectivity index (χ2v) is 6.93. The molecule has 1 rings (SSSR count). The van der Waals surface area contributed by atoms with E-state index < -0.39 is 41.8 Å². The minimum absolute atomic E-state index is 0.105. The van der Waals surface area contributed by atoms with Gasteiger partial charge in [0.05, 0.1) is 6.54 Å². The van der Waals surface area contributed by atoms with Crippen LogP contribution in [0.4, 0.5) is 0 Å². The highest BCUT2D eigenvalue weighted by atomic mass is 16.4. The number of nitrogens with one attached hydrogen (secondary N) is 3. The van der Waals surface area contributed by atoms with Crippen molar-refractivity contribution in [3.05, 3.63) is 35.9 Å². The minimum atomic E-state index is -1.18. The number of nitrogens with two attached hydrogens (primary N) is 2. The standard InChI is InChI=1S/C20H31N5O5/c1-13(23-17(26)12-22)18(27)24-15(9-5-6-10-21)19(28)25-16(20(29)30)11-14-7-3-2-4-8-14/h2-4,7-8,13,15-16H,5-6,9-12,21-22H2,1H3,(H,23,26)(H,24,27)(H,25,28)(H,29,30). The van der Waals surface area contributed by atoms with Crippen LogP contribution < -0.4 is 27.4 Å². The summed E-state index contributed by atoms with van der Waals surface area (Å²) >= 11 is 0. The molecule has 0 spiro atoms. The Morgan fingerprint density at radius 2 is 1.57 bits per heavy atom. The zero-order chi connectivity index (χ0) is 22.5. The summed E-state index contributed by atoms with van der Waals surface area (Å²) in [6, 6.07) is 5.90. The van der Waals surface area contributed by atoms with Gasteiger partial charge in [-0.2, -0.15) is 0 Å². The fourth-order valence-corrected chi connectivity index (χ4v) is 2.75. The summed E-state index contributed by atoms with van der Waals surface area (Å²) in [6.45, 7) is 1.63. The Bertz CT molecular complexity index is 713. The van der Waals surface area contributed by atoms with E-state index in [2.05, 4.69) is 16.0 Å². The fraction of sp³-hybridized carbons (Fsp3) is 0.500. The lowest BCUT2D eigenvalue weighted by Gasteiger charge is -2.23. The molecule has 0 bridgehead atoms. The summed E-state index contributed by atoms with van der Waals surface area (Å²) < 4.78 is 0. The van der Waals surface area contributed by atoms with Crippen molar-refractivity contribution >= 4 is 23.7 Å². The van der Waals surface area contributed by atoms with Gasteiger partial charge < -0.3 is 32.5 Å². The SMILES string of the molecule is CC(NC(=O)CN)C(=O)NC(CCCCN)C(=O)NC(Cc1ccccc1)C(=O)O. The van der Waals surface area contributed by atoms with Crippen LogP contribution in [0.5, 0.6) is 0 Å². The Kier molecular flexibility index (Phi) is 11.1. The van der Waals surface area contributed by atoms with Crippen molar-refractivity contribution in [2.24, 2.45) is 11.5 Å². The van der Waals surface area contributed by atoms with E-state index in [1.165, 1.54) is 6.92 Å². The number of amides is 3. The topological polar surface area (TPSA) is 177 Å². The largest absolute Gasteiger partial charge is 0.480 e. The quantitative estimate of drug-likeness (QED) is 0.218. The van der Waals surface area contributed by atoms with E-state index in [-0.39, 0.29) is 19.4 Å². The monoisotopic (exact) mass is 421 g/mol. The molecule has 0 heterocycles. The molecule has 0 aliphatic rings. The summed E-state index contributed by atoms with van der Waals surface area (Å²) in [6.07, 6.45) is 1.60. The van der Waals surface area contributed by atoms with Crippen molar-refractivity contribution < 1.29 is 24.3 Å². The highest BCUT2D eigenvalue weighted by Gasteiger charge is 2.28. The van der Waals surface area contributed by atoms with Crippen molar-refractivity contribution in [3.63, 3.8) is 0 Å². The van der Waals surface area contributed by atoms with Gasteiger partial charge in [0.1, 0.15) is 18.1 Å². The number of carboxylic acids is 1. The predicted octanol–water partition coefficient (Wildman–Crippen LogP) is -1.12. The zero-order valence-electron chi connectivity index (χ0n) is 17.1. The van der Waals surface area contributed by atoms with Crippen LogP contribution in [0.15, 0.2) is 30.3 Å². The normalized spacial score (nSPS) is 13.6. The van der Waals surface area contributed by atoms with Gasteiger partial charge in [-0.05, 0) is 38.3 Å². The first-order valence-electron chi connectivity index (χ1n) is 9.85. The van der Waals surface area contributed by atoms with Gasteiger partial charge in [-0.3, -0.25) is 14.4 Å². The smallest absolute Gasteiger partial charge is 0.326 e. The molecular formula is C20H31N5O5. The van der Waals surface area contributed by atoms with Crippen LogP contribution in [-0.4, -0.2) is 60.0 Å². The molecule has 3 amide bonds. The molecule has 0 aliphatic carbocycles. The van der Waals surface area contributed by atoms with E-state index in [9.17, 15) is 24.3 Å². The van der Waals surface area contributed by atoms with Crippen molar-refractivity contribution in [2.45, 2.75) is 50.7 Å². The van der Waals surface area contributed by atoms with Crippen LogP contribution in [0.3, 0.4) is 0 Å². The lowest BCUT2D eigenvalue weighted by Crippen LogP contribution is -2.55. The van der Waals surface area contributed by atoms with E-state index in [0.29, 0.717) is 19.4 Å². The number of hydrogen-bond acceptors (Lipinski definition) is 6. The van der Waals surface area contributed by atoms with Gasteiger partial charge in [0, 0.05) is 6.42 Å². The molecular weight excluding hydrogens is 390 g/mol. The first-order chi connectivity index (χ1) is 14.3. The molecule has 0 saturated heterocycles. The molecule has 0 radical (unpaired) electrons. The predicted molar refractivity (Wildman–Crippen MR) is 111 cm³/mol. The molecule has 10 heteroatoms. The number of carbonyl (C=O) groups excluding carboxylic acids is 3. The van der Waals surface area contributed by atoms with Gasteiger partial charge in [-0.25, -0.2) is 4.79 Å². The molecule has 3 atom stereocenters. The molecule has 10 nitrogen and oxygen atoms in total. The first-order valence-corrected chi connectivity index (χ1v) is 9.85. The van der Waals surface area contributed by atoms with Crippen molar-refractivity contribution in [1.29, 1.82) is 0 Å². The van der Waals surface area contributed by atoms with Gasteiger partial charge in [-0.1, -0.05) is 30.3 Å². The Morgan fingerprint density at radius 1 is 0.933 bits per heavy atom. The van der Waals surface area contributed by atoms with E-state index in [0.717, 1.165) is 5.56 Å². The van der Waals surface area contributed by atoms with E-state index in [1.54, 1.807) is 24.3 Å². The molecule has 0 fully saturated rings. The van der Waals surface area contributed by atoms with E-state index >= 15 is 0 Å². The summed E-state index contributed by atoms with van der Waals surface area (Å²) in [4.78, 5) is 48.1. The number of aliphatic carboxylic acids is 1. The molecule has 8 N–H and O–H groups in total. The molecule has 0 aromatic heterocycles. The maximum absolute atomic E-state index is 12.8. The summed E-state index contributed by atoms with van der Waals surface area (Å²) in [7, 11) is 0. The molecule has 1 aromatic carbocycles. The van der Waals surface area contributed by atoms with E-state index in [4.69, 9.17) is 11.5 Å². The average Bonchev–Trinajstić information content (AvgIpc) is 2.72. The minimum Gasteiger partial charge on any atom is -0.480 e. The average molecular weight is 421 g/mol. The number of unbranched alkanes of at least 4 members (excludes halogenated alkanes) is 1. The Labute approximate surface area is 175 Å². The highest BCUT2D eigenvalue weighted by molar-refractivity contribution is 5.93. The van der Waals surface area contributed by atoms with Crippen LogP contribution in [0.1, 0.15) is 31.7 Å².